The van der Waals surface area contributed by atoms with Gasteiger partial charge in [-0.2, -0.15) is 0 Å². The maximum atomic E-state index is 14.3. The van der Waals surface area contributed by atoms with Crippen molar-refractivity contribution in [2.24, 2.45) is 5.73 Å². The molecule has 0 bridgehead atoms. The predicted molar refractivity (Wildman–Crippen MR) is 84.3 cm³/mol. The fraction of sp³-hybridized carbons (Fsp3) is 0.125. The van der Waals surface area contributed by atoms with Crippen molar-refractivity contribution >= 4 is 26.2 Å². The lowest BCUT2D eigenvalue weighted by molar-refractivity contribution is 0.328. The van der Waals surface area contributed by atoms with Crippen molar-refractivity contribution in [3.63, 3.8) is 0 Å². The van der Waals surface area contributed by atoms with E-state index >= 15 is 0 Å². The first kappa shape index (κ1) is 14.8. The van der Waals surface area contributed by atoms with Crippen molar-refractivity contribution in [1.82, 2.24) is 0 Å². The second kappa shape index (κ2) is 7.22. The maximum absolute atomic E-state index is 14.3. The molecule has 0 spiro atoms. The Balaban J connectivity index is 2.22. The van der Waals surface area contributed by atoms with Crippen molar-refractivity contribution in [3.8, 4) is 5.75 Å². The van der Waals surface area contributed by atoms with Crippen molar-refractivity contribution in [1.29, 1.82) is 0 Å². The molecule has 2 aromatic carbocycles. The fourth-order valence-electron chi connectivity index (χ4n) is 1.71. The van der Waals surface area contributed by atoms with Crippen molar-refractivity contribution in [3.05, 3.63) is 65.7 Å². The largest absolute Gasteiger partial charge is 0.492 e. The van der Waals surface area contributed by atoms with E-state index in [0.29, 0.717) is 23.2 Å². The molecular weight excluding hydrogens is 321 g/mol. The first-order valence-electron chi connectivity index (χ1n) is 6.26. The lowest BCUT2D eigenvalue weighted by atomic mass is 10.1. The van der Waals surface area contributed by atoms with Crippen LogP contribution >= 0.6 is 15.9 Å². The summed E-state index contributed by atoms with van der Waals surface area (Å²) in [6, 6.07) is 16.1. The average molecular weight is 336 g/mol. The summed E-state index contributed by atoms with van der Waals surface area (Å²) < 4.78 is 20.1. The third-order valence-electron chi connectivity index (χ3n) is 2.71. The monoisotopic (exact) mass is 335 g/mol. The minimum Gasteiger partial charge on any atom is -0.492 e. The van der Waals surface area contributed by atoms with Crippen molar-refractivity contribution in [2.75, 3.05) is 13.2 Å². The van der Waals surface area contributed by atoms with Crippen LogP contribution in [0.2, 0.25) is 0 Å². The summed E-state index contributed by atoms with van der Waals surface area (Å²) in [6.45, 7) is 0.933. The number of nitrogens with two attached hydrogens (primary N) is 1. The van der Waals surface area contributed by atoms with E-state index < -0.39 is 0 Å². The summed E-state index contributed by atoms with van der Waals surface area (Å²) in [4.78, 5) is 0. The normalized spacial score (nSPS) is 11.9. The molecule has 4 heteroatoms. The molecular formula is C16H15BrFNO. The van der Waals surface area contributed by atoms with Gasteiger partial charge in [0.25, 0.3) is 0 Å². The second-order valence-electron chi connectivity index (χ2n) is 4.16. The number of hydrogen-bond acceptors (Lipinski definition) is 2. The highest BCUT2D eigenvalue weighted by Gasteiger charge is 2.08. The van der Waals surface area contributed by atoms with Crippen LogP contribution in [0.5, 0.6) is 5.75 Å². The molecule has 0 aliphatic rings. The average Bonchev–Trinajstić information content (AvgIpc) is 2.53. The van der Waals surface area contributed by atoms with Crippen LogP contribution in [0.25, 0.3) is 10.3 Å². The van der Waals surface area contributed by atoms with Gasteiger partial charge in [-0.05, 0) is 33.6 Å². The molecule has 0 saturated carbocycles. The van der Waals surface area contributed by atoms with Gasteiger partial charge in [0, 0.05) is 12.1 Å². The molecule has 2 rings (SSSR count). The number of ether oxygens (including phenoxy) is 1. The third kappa shape index (κ3) is 3.68. The van der Waals surface area contributed by atoms with E-state index in [9.17, 15) is 4.39 Å². The van der Waals surface area contributed by atoms with Crippen LogP contribution in [0.1, 0.15) is 11.1 Å². The van der Waals surface area contributed by atoms with Crippen LogP contribution in [-0.2, 0) is 0 Å². The molecule has 0 saturated heterocycles. The fourth-order valence-corrected chi connectivity index (χ4v) is 2.21. The van der Waals surface area contributed by atoms with Gasteiger partial charge in [0.15, 0.2) is 0 Å². The molecule has 104 valence electrons. The molecule has 0 aliphatic carbocycles. The quantitative estimate of drug-likeness (QED) is 0.830. The van der Waals surface area contributed by atoms with Crippen molar-refractivity contribution < 1.29 is 9.13 Å². The van der Waals surface area contributed by atoms with Gasteiger partial charge in [0.1, 0.15) is 18.2 Å². The predicted octanol–water partition coefficient (Wildman–Crippen LogP) is 4.21. The SMILES string of the molecule is NCCOc1ccc(/C(Br)=C(\F)c2ccccc2)cc1. The molecule has 2 nitrogen and oxygen atoms in total. The Kier molecular flexibility index (Phi) is 5.32. The van der Waals surface area contributed by atoms with Gasteiger partial charge in [0.05, 0.1) is 4.48 Å². The number of rotatable bonds is 5. The molecule has 0 atom stereocenters. The maximum Gasteiger partial charge on any atom is 0.145 e. The molecule has 20 heavy (non-hydrogen) atoms. The van der Waals surface area contributed by atoms with E-state index in [2.05, 4.69) is 15.9 Å². The molecule has 0 fully saturated rings. The van der Waals surface area contributed by atoms with Crippen molar-refractivity contribution in [2.45, 2.75) is 0 Å². The van der Waals surface area contributed by atoms with Gasteiger partial charge < -0.3 is 10.5 Å². The highest BCUT2D eigenvalue weighted by atomic mass is 79.9. The zero-order valence-electron chi connectivity index (χ0n) is 10.9. The minimum atomic E-state index is -0.291. The number of benzene rings is 2. The van der Waals surface area contributed by atoms with Gasteiger partial charge in [0.2, 0.25) is 0 Å². The van der Waals surface area contributed by atoms with Gasteiger partial charge in [-0.15, -0.1) is 0 Å². The summed E-state index contributed by atoms with van der Waals surface area (Å²) in [7, 11) is 0. The summed E-state index contributed by atoms with van der Waals surface area (Å²) in [5.74, 6) is 0.431. The third-order valence-corrected chi connectivity index (χ3v) is 3.52. The van der Waals surface area contributed by atoms with Gasteiger partial charge >= 0.3 is 0 Å². The highest BCUT2D eigenvalue weighted by molar-refractivity contribution is 9.15. The first-order valence-corrected chi connectivity index (χ1v) is 7.05. The Hall–Kier alpha value is -1.65. The number of halogens is 2. The lowest BCUT2D eigenvalue weighted by Gasteiger charge is -2.07. The topological polar surface area (TPSA) is 35.2 Å². The van der Waals surface area contributed by atoms with Gasteiger partial charge in [-0.3, -0.25) is 0 Å². The molecule has 0 aromatic heterocycles. The molecule has 0 aliphatic heterocycles. The Bertz CT molecular complexity index is 581. The smallest absolute Gasteiger partial charge is 0.145 e. The van der Waals surface area contributed by atoms with Crippen LogP contribution in [0.3, 0.4) is 0 Å². The molecule has 0 amide bonds. The summed E-state index contributed by atoms with van der Waals surface area (Å²) in [5.41, 5.74) is 6.67. The van der Waals surface area contributed by atoms with Crippen LogP contribution in [0.4, 0.5) is 4.39 Å². The van der Waals surface area contributed by atoms with Gasteiger partial charge in [-0.25, -0.2) is 4.39 Å². The lowest BCUT2D eigenvalue weighted by Crippen LogP contribution is -2.10. The molecule has 0 unspecified atom stereocenters. The summed E-state index contributed by atoms with van der Waals surface area (Å²) in [6.07, 6.45) is 0. The minimum absolute atomic E-state index is 0.291. The Labute approximate surface area is 126 Å². The Morgan fingerprint density at radius 1 is 1.00 bits per heavy atom. The number of hydrogen-bond donors (Lipinski definition) is 1. The van der Waals surface area contributed by atoms with E-state index in [1.807, 2.05) is 6.07 Å². The second-order valence-corrected chi connectivity index (χ2v) is 4.95. The van der Waals surface area contributed by atoms with E-state index in [1.54, 1.807) is 48.5 Å². The Morgan fingerprint density at radius 3 is 2.25 bits per heavy atom. The van der Waals surface area contributed by atoms with E-state index in [0.717, 1.165) is 11.3 Å². The molecule has 0 heterocycles. The molecule has 0 radical (unpaired) electrons. The molecule has 2 N–H and O–H groups in total. The van der Waals surface area contributed by atoms with Gasteiger partial charge in [-0.1, -0.05) is 42.5 Å². The highest BCUT2D eigenvalue weighted by Crippen LogP contribution is 2.32. The van der Waals surface area contributed by atoms with Crippen LogP contribution < -0.4 is 10.5 Å². The summed E-state index contributed by atoms with van der Waals surface area (Å²) in [5, 5.41) is 0. The van der Waals surface area contributed by atoms with Crippen LogP contribution in [-0.4, -0.2) is 13.2 Å². The zero-order chi connectivity index (χ0) is 14.4. The van der Waals surface area contributed by atoms with E-state index in [1.165, 1.54) is 0 Å². The van der Waals surface area contributed by atoms with E-state index in [4.69, 9.17) is 10.5 Å². The first-order chi connectivity index (χ1) is 9.72. The Morgan fingerprint density at radius 2 is 1.65 bits per heavy atom. The standard InChI is InChI=1S/C16H15BrFNO/c17-15(16(18)13-4-2-1-3-5-13)12-6-8-14(9-7-12)20-11-10-19/h1-9H,10-11,19H2/b16-15+. The van der Waals surface area contributed by atoms with Crippen LogP contribution in [0, 0.1) is 0 Å². The summed E-state index contributed by atoms with van der Waals surface area (Å²) >= 11 is 3.31. The van der Waals surface area contributed by atoms with E-state index in [-0.39, 0.29) is 5.83 Å². The van der Waals surface area contributed by atoms with Crippen LogP contribution in [0.15, 0.2) is 54.6 Å². The zero-order valence-corrected chi connectivity index (χ0v) is 12.4. The molecule has 2 aromatic rings.